The number of sulfonamides is 1. The Hall–Kier alpha value is -0.660. The van der Waals surface area contributed by atoms with Gasteiger partial charge in [0.25, 0.3) is 0 Å². The summed E-state index contributed by atoms with van der Waals surface area (Å²) in [6, 6.07) is 0.00452. The summed E-state index contributed by atoms with van der Waals surface area (Å²) in [6.45, 7) is 6.75. The van der Waals surface area contributed by atoms with E-state index in [1.54, 1.807) is 0 Å². The maximum absolute atomic E-state index is 12.3. The number of likely N-dealkylation sites (tertiary alicyclic amines) is 1. The van der Waals surface area contributed by atoms with Crippen molar-refractivity contribution in [3.63, 3.8) is 0 Å². The lowest BCUT2D eigenvalue weighted by Gasteiger charge is -2.37. The number of hydrogen-bond donors (Lipinski definition) is 1. The van der Waals surface area contributed by atoms with Crippen LogP contribution in [0.5, 0.6) is 0 Å². The van der Waals surface area contributed by atoms with E-state index in [-0.39, 0.29) is 23.9 Å². The minimum absolute atomic E-state index is 0.172. The second kappa shape index (κ2) is 6.62. The summed E-state index contributed by atoms with van der Waals surface area (Å²) in [5, 5.41) is 3.40. The Balaban J connectivity index is 1.87. The van der Waals surface area contributed by atoms with Gasteiger partial charge in [0.1, 0.15) is 0 Å². The first-order valence-electron chi connectivity index (χ1n) is 7.79. The molecule has 2 rings (SSSR count). The molecule has 3 atom stereocenters. The van der Waals surface area contributed by atoms with Crippen LogP contribution in [-0.2, 0) is 14.8 Å². The molecule has 0 bridgehead atoms. The minimum Gasteiger partial charge on any atom is -0.341 e. The Labute approximate surface area is 127 Å². The molecule has 1 N–H and O–H groups in total. The minimum atomic E-state index is -3.11. The zero-order valence-electron chi connectivity index (χ0n) is 13.2. The van der Waals surface area contributed by atoms with E-state index < -0.39 is 10.0 Å². The molecule has 0 aliphatic carbocycles. The molecule has 122 valence electrons. The Bertz CT molecular complexity index is 474. The van der Waals surface area contributed by atoms with Crippen LogP contribution < -0.4 is 5.32 Å². The molecule has 2 aliphatic heterocycles. The topological polar surface area (TPSA) is 69.7 Å². The number of nitrogens with one attached hydrogen (secondary N) is 1. The van der Waals surface area contributed by atoms with E-state index in [0.29, 0.717) is 13.1 Å². The number of amides is 1. The standard InChI is InChI=1S/C14H27N3O3S/c1-11-10-17(21(3,19)20)9-6-13(11)15-12(2)14(18)16-7-4-5-8-16/h11-13,15H,4-10H2,1-3H3/t11-,12-,13+/m0/s1. The molecule has 0 unspecified atom stereocenters. The van der Waals surface area contributed by atoms with Crippen molar-refractivity contribution in [2.24, 2.45) is 5.92 Å². The lowest BCUT2D eigenvalue weighted by atomic mass is 9.94. The second-order valence-corrected chi connectivity index (χ2v) is 8.40. The van der Waals surface area contributed by atoms with E-state index in [0.717, 1.165) is 32.4 Å². The molecule has 7 heteroatoms. The van der Waals surface area contributed by atoms with E-state index >= 15 is 0 Å². The first kappa shape index (κ1) is 16.7. The number of carbonyl (C=O) groups is 1. The van der Waals surface area contributed by atoms with Gasteiger partial charge in [-0.25, -0.2) is 12.7 Å². The second-order valence-electron chi connectivity index (χ2n) is 6.41. The maximum atomic E-state index is 12.3. The van der Waals surface area contributed by atoms with Crippen LogP contribution in [0.2, 0.25) is 0 Å². The Kier molecular flexibility index (Phi) is 5.27. The van der Waals surface area contributed by atoms with Crippen LogP contribution in [0.4, 0.5) is 0 Å². The van der Waals surface area contributed by atoms with E-state index in [2.05, 4.69) is 5.32 Å². The van der Waals surface area contributed by atoms with Gasteiger partial charge in [0.05, 0.1) is 12.3 Å². The molecule has 0 aromatic carbocycles. The summed E-state index contributed by atoms with van der Waals surface area (Å²) < 4.78 is 24.7. The number of carbonyl (C=O) groups excluding carboxylic acids is 1. The zero-order chi connectivity index (χ0) is 15.6. The van der Waals surface area contributed by atoms with E-state index in [4.69, 9.17) is 0 Å². The summed E-state index contributed by atoms with van der Waals surface area (Å²) in [6.07, 6.45) is 4.21. The summed E-state index contributed by atoms with van der Waals surface area (Å²) in [4.78, 5) is 14.2. The van der Waals surface area contributed by atoms with Crippen LogP contribution in [-0.4, -0.2) is 68.0 Å². The van der Waals surface area contributed by atoms with E-state index in [1.165, 1.54) is 10.6 Å². The van der Waals surface area contributed by atoms with E-state index in [1.807, 2.05) is 18.7 Å². The molecule has 0 aromatic rings. The highest BCUT2D eigenvalue weighted by molar-refractivity contribution is 7.88. The Morgan fingerprint density at radius 1 is 1.24 bits per heavy atom. The molecular formula is C14H27N3O3S. The average molecular weight is 317 g/mol. The van der Waals surface area contributed by atoms with Crippen LogP contribution in [0.15, 0.2) is 0 Å². The summed E-state index contributed by atoms with van der Waals surface area (Å²) in [7, 11) is -3.11. The van der Waals surface area contributed by atoms with Gasteiger partial charge in [0, 0.05) is 32.2 Å². The summed E-state index contributed by atoms with van der Waals surface area (Å²) in [5.41, 5.74) is 0. The predicted molar refractivity (Wildman–Crippen MR) is 82.4 cm³/mol. The third-order valence-electron chi connectivity index (χ3n) is 4.59. The van der Waals surface area contributed by atoms with Gasteiger partial charge < -0.3 is 10.2 Å². The van der Waals surface area contributed by atoms with Crippen molar-refractivity contribution < 1.29 is 13.2 Å². The molecule has 1 amide bonds. The quantitative estimate of drug-likeness (QED) is 0.807. The summed E-state index contributed by atoms with van der Waals surface area (Å²) >= 11 is 0. The molecular weight excluding hydrogens is 290 g/mol. The third kappa shape index (κ3) is 4.17. The van der Waals surface area contributed by atoms with Gasteiger partial charge in [0.2, 0.25) is 15.9 Å². The smallest absolute Gasteiger partial charge is 0.239 e. The number of rotatable bonds is 4. The lowest BCUT2D eigenvalue weighted by Crippen LogP contribution is -2.55. The van der Waals surface area contributed by atoms with Crippen LogP contribution in [0.1, 0.15) is 33.1 Å². The van der Waals surface area contributed by atoms with Crippen LogP contribution in [0, 0.1) is 5.92 Å². The van der Waals surface area contributed by atoms with Crippen LogP contribution in [0.25, 0.3) is 0 Å². The van der Waals surface area contributed by atoms with Crippen molar-refractivity contribution in [2.45, 2.75) is 45.2 Å². The molecule has 21 heavy (non-hydrogen) atoms. The van der Waals surface area contributed by atoms with Crippen molar-refractivity contribution in [3.05, 3.63) is 0 Å². The van der Waals surface area contributed by atoms with Gasteiger partial charge in [-0.1, -0.05) is 6.92 Å². The van der Waals surface area contributed by atoms with Gasteiger partial charge in [-0.15, -0.1) is 0 Å². The van der Waals surface area contributed by atoms with E-state index in [9.17, 15) is 13.2 Å². The predicted octanol–water partition coefficient (Wildman–Crippen LogP) is 0.257. The van der Waals surface area contributed by atoms with Crippen LogP contribution >= 0.6 is 0 Å². The van der Waals surface area contributed by atoms with Crippen molar-refractivity contribution in [3.8, 4) is 0 Å². The van der Waals surface area contributed by atoms with Crippen molar-refractivity contribution in [1.82, 2.24) is 14.5 Å². The molecule has 6 nitrogen and oxygen atoms in total. The molecule has 2 saturated heterocycles. The molecule has 0 saturated carbocycles. The van der Waals surface area contributed by atoms with Gasteiger partial charge in [0.15, 0.2) is 0 Å². The molecule has 0 aromatic heterocycles. The summed E-state index contributed by atoms with van der Waals surface area (Å²) in [5.74, 6) is 0.382. The van der Waals surface area contributed by atoms with Gasteiger partial charge in [-0.2, -0.15) is 0 Å². The van der Waals surface area contributed by atoms with Gasteiger partial charge >= 0.3 is 0 Å². The number of nitrogens with zero attached hydrogens (tertiary/aromatic N) is 2. The Morgan fingerprint density at radius 3 is 2.38 bits per heavy atom. The van der Waals surface area contributed by atoms with Crippen molar-refractivity contribution in [2.75, 3.05) is 32.4 Å². The fourth-order valence-electron chi connectivity index (χ4n) is 3.26. The normalized spacial score (nSPS) is 29.6. The largest absolute Gasteiger partial charge is 0.341 e. The molecule has 0 radical (unpaired) electrons. The molecule has 2 fully saturated rings. The third-order valence-corrected chi connectivity index (χ3v) is 5.86. The first-order chi connectivity index (χ1) is 9.79. The first-order valence-corrected chi connectivity index (χ1v) is 9.64. The van der Waals surface area contributed by atoms with Crippen molar-refractivity contribution >= 4 is 15.9 Å². The SMILES string of the molecule is C[C@H](N[C@@H]1CCN(S(C)(=O)=O)C[C@@H]1C)C(=O)N1CCCC1. The highest BCUT2D eigenvalue weighted by Crippen LogP contribution is 2.20. The number of piperidine rings is 1. The maximum Gasteiger partial charge on any atom is 0.239 e. The van der Waals surface area contributed by atoms with Gasteiger partial charge in [-0.05, 0) is 32.1 Å². The monoisotopic (exact) mass is 317 g/mol. The molecule has 2 heterocycles. The van der Waals surface area contributed by atoms with Crippen molar-refractivity contribution in [1.29, 1.82) is 0 Å². The highest BCUT2D eigenvalue weighted by Gasteiger charge is 2.33. The molecule has 2 aliphatic rings. The zero-order valence-corrected chi connectivity index (χ0v) is 14.0. The number of hydrogen-bond acceptors (Lipinski definition) is 4. The van der Waals surface area contributed by atoms with Gasteiger partial charge in [-0.3, -0.25) is 4.79 Å². The molecule has 0 spiro atoms. The fraction of sp³-hybridized carbons (Fsp3) is 0.929. The van der Waals surface area contributed by atoms with Crippen LogP contribution in [0.3, 0.4) is 0 Å². The fourth-order valence-corrected chi connectivity index (χ4v) is 4.20. The average Bonchev–Trinajstić information content (AvgIpc) is 2.92. The highest BCUT2D eigenvalue weighted by atomic mass is 32.2. The Morgan fingerprint density at radius 2 is 1.86 bits per heavy atom. The lowest BCUT2D eigenvalue weighted by molar-refractivity contribution is -0.132.